The summed E-state index contributed by atoms with van der Waals surface area (Å²) in [5.41, 5.74) is 3.92. The fourth-order valence-corrected chi connectivity index (χ4v) is 5.75. The minimum Gasteiger partial charge on any atom is -0.495 e. The van der Waals surface area contributed by atoms with E-state index in [1.54, 1.807) is 19.6 Å². The number of rotatable bonds is 8. The van der Waals surface area contributed by atoms with Crippen molar-refractivity contribution in [2.45, 2.75) is 18.8 Å². The number of anilines is 4. The van der Waals surface area contributed by atoms with E-state index in [1.807, 2.05) is 36.5 Å². The predicted molar refractivity (Wildman–Crippen MR) is 160 cm³/mol. The molecule has 4 aromatic rings. The average Bonchev–Trinajstić information content (AvgIpc) is 3.68. The fraction of sp³-hybridized carbons (Fsp3) is 0.393. The second-order valence-electron chi connectivity index (χ2n) is 10.8. The summed E-state index contributed by atoms with van der Waals surface area (Å²) < 4.78 is 23.3. The summed E-state index contributed by atoms with van der Waals surface area (Å²) in [6, 6.07) is 14.0. The lowest BCUT2D eigenvalue weighted by atomic mass is 10.2. The van der Waals surface area contributed by atoms with Crippen LogP contribution in [0.2, 0.25) is 0 Å². The molecule has 0 amide bonds. The number of methoxy groups -OCH3 is 1. The van der Waals surface area contributed by atoms with E-state index in [-0.39, 0.29) is 0 Å². The van der Waals surface area contributed by atoms with Crippen LogP contribution in [0, 0.1) is 0 Å². The molecule has 3 aromatic heterocycles. The Labute approximate surface area is 230 Å². The van der Waals surface area contributed by atoms with Gasteiger partial charge >= 0.3 is 0 Å². The molecule has 0 radical (unpaired) electrons. The van der Waals surface area contributed by atoms with Gasteiger partial charge < -0.3 is 24.6 Å². The van der Waals surface area contributed by atoms with E-state index in [0.29, 0.717) is 17.7 Å². The van der Waals surface area contributed by atoms with Gasteiger partial charge in [-0.05, 0) is 66.3 Å². The number of hydrogen-bond acceptors (Lipinski definition) is 8. The van der Waals surface area contributed by atoms with Crippen molar-refractivity contribution in [2.75, 3.05) is 67.8 Å². The quantitative estimate of drug-likeness (QED) is 0.286. The SMILES string of the molecule is COc1cc(Nc2ncc3cc(C4CC4)n(-c4cccc(N[SH](C)(C)=O)n4)c3n2)ccc1N1CCN(C)CC1. The van der Waals surface area contributed by atoms with Crippen LogP contribution in [0.25, 0.3) is 16.9 Å². The van der Waals surface area contributed by atoms with E-state index in [0.717, 1.165) is 73.0 Å². The monoisotopic (exact) mass is 548 g/mol. The molecule has 206 valence electrons. The number of aromatic nitrogens is 4. The van der Waals surface area contributed by atoms with Crippen molar-refractivity contribution in [1.29, 1.82) is 0 Å². The molecule has 1 aromatic carbocycles. The highest BCUT2D eigenvalue weighted by Crippen LogP contribution is 2.43. The second-order valence-corrected chi connectivity index (χ2v) is 13.7. The Morgan fingerprint density at radius 3 is 2.54 bits per heavy atom. The third-order valence-electron chi connectivity index (χ3n) is 7.19. The lowest BCUT2D eigenvalue weighted by Crippen LogP contribution is -2.44. The van der Waals surface area contributed by atoms with Gasteiger partial charge in [0.1, 0.15) is 17.4 Å². The molecule has 1 aliphatic carbocycles. The molecule has 4 heterocycles. The Kier molecular flexibility index (Phi) is 6.64. The van der Waals surface area contributed by atoms with Crippen molar-refractivity contribution in [3.63, 3.8) is 0 Å². The molecule has 10 nitrogen and oxygen atoms in total. The zero-order valence-electron chi connectivity index (χ0n) is 22.9. The molecule has 2 aliphatic rings. The summed E-state index contributed by atoms with van der Waals surface area (Å²) in [6.45, 7) is 4.00. The average molecular weight is 549 g/mol. The van der Waals surface area contributed by atoms with Gasteiger partial charge in [0.15, 0.2) is 5.65 Å². The minimum absolute atomic E-state index is 0.476. The lowest BCUT2D eigenvalue weighted by molar-refractivity contribution is 0.311. The molecule has 39 heavy (non-hydrogen) atoms. The maximum atomic E-state index is 12.4. The molecular formula is C28H36N8O2S. The molecule has 1 saturated heterocycles. The van der Waals surface area contributed by atoms with Crippen molar-refractivity contribution < 1.29 is 8.95 Å². The summed E-state index contributed by atoms with van der Waals surface area (Å²) in [7, 11) is 1.37. The third-order valence-corrected chi connectivity index (χ3v) is 7.96. The van der Waals surface area contributed by atoms with Crippen molar-refractivity contribution >= 4 is 44.3 Å². The number of benzene rings is 1. The van der Waals surface area contributed by atoms with Crippen molar-refractivity contribution in [1.82, 2.24) is 24.4 Å². The van der Waals surface area contributed by atoms with Crippen LogP contribution in [0.1, 0.15) is 24.5 Å². The van der Waals surface area contributed by atoms with Gasteiger partial charge in [-0.3, -0.25) is 8.78 Å². The molecule has 1 saturated carbocycles. The normalized spacial score (nSPS) is 16.9. The number of piperazine rings is 1. The third kappa shape index (κ3) is 5.55. The number of ether oxygens (including phenoxy) is 1. The zero-order chi connectivity index (χ0) is 27.1. The summed E-state index contributed by atoms with van der Waals surface area (Å²) in [5.74, 6) is 3.13. The fourth-order valence-electron chi connectivity index (χ4n) is 5.07. The lowest BCUT2D eigenvalue weighted by Gasteiger charge is -2.34. The van der Waals surface area contributed by atoms with Gasteiger partial charge in [0.05, 0.1) is 12.8 Å². The highest BCUT2D eigenvalue weighted by Gasteiger charge is 2.29. The molecule has 0 bridgehead atoms. The first-order valence-corrected chi connectivity index (χ1v) is 16.0. The Bertz CT molecular complexity index is 1550. The van der Waals surface area contributed by atoms with Crippen LogP contribution in [-0.2, 0) is 10.1 Å². The molecule has 1 aliphatic heterocycles. The van der Waals surface area contributed by atoms with E-state index in [4.69, 9.17) is 14.7 Å². The first-order chi connectivity index (χ1) is 18.8. The molecule has 0 spiro atoms. The minimum atomic E-state index is -2.49. The predicted octanol–water partition coefficient (Wildman–Crippen LogP) is 3.80. The highest BCUT2D eigenvalue weighted by molar-refractivity contribution is 8.02. The van der Waals surface area contributed by atoms with Crippen LogP contribution < -0.4 is 19.7 Å². The number of likely N-dealkylation sites (N-methyl/N-ethyl adjacent to an activating group) is 1. The smallest absolute Gasteiger partial charge is 0.229 e. The van der Waals surface area contributed by atoms with Crippen LogP contribution in [-0.4, -0.2) is 81.5 Å². The van der Waals surface area contributed by atoms with Crippen molar-refractivity contribution in [2.24, 2.45) is 0 Å². The molecule has 2 N–H and O–H groups in total. The van der Waals surface area contributed by atoms with Crippen molar-refractivity contribution in [3.8, 4) is 11.6 Å². The van der Waals surface area contributed by atoms with Crippen LogP contribution in [0.15, 0.2) is 48.7 Å². The number of thiol groups is 1. The van der Waals surface area contributed by atoms with Gasteiger partial charge in [-0.15, -0.1) is 0 Å². The largest absolute Gasteiger partial charge is 0.495 e. The van der Waals surface area contributed by atoms with Crippen LogP contribution in [0.4, 0.5) is 23.1 Å². The number of nitrogens with one attached hydrogen (secondary N) is 2. The summed E-state index contributed by atoms with van der Waals surface area (Å²) in [4.78, 5) is 19.0. The summed E-state index contributed by atoms with van der Waals surface area (Å²) in [5, 5.41) is 4.33. The molecule has 0 atom stereocenters. The van der Waals surface area contributed by atoms with Gasteiger partial charge in [-0.1, -0.05) is 6.07 Å². The van der Waals surface area contributed by atoms with E-state index in [1.165, 1.54) is 5.69 Å². The van der Waals surface area contributed by atoms with E-state index >= 15 is 0 Å². The maximum Gasteiger partial charge on any atom is 0.229 e. The maximum absolute atomic E-state index is 12.4. The van der Waals surface area contributed by atoms with Gasteiger partial charge in [0.2, 0.25) is 5.95 Å². The molecule has 6 rings (SSSR count). The molecular weight excluding hydrogens is 512 g/mol. The Balaban J connectivity index is 1.33. The van der Waals surface area contributed by atoms with Crippen LogP contribution in [0.5, 0.6) is 5.75 Å². The van der Waals surface area contributed by atoms with Crippen LogP contribution in [0.3, 0.4) is 0 Å². The summed E-state index contributed by atoms with van der Waals surface area (Å²) in [6.07, 6.45) is 7.54. The Hall–Kier alpha value is -3.70. The Morgan fingerprint density at radius 1 is 1.03 bits per heavy atom. The number of fused-ring (bicyclic) bond motifs is 1. The Morgan fingerprint density at radius 2 is 1.82 bits per heavy atom. The van der Waals surface area contributed by atoms with Gasteiger partial charge in [0, 0.05) is 67.7 Å². The van der Waals surface area contributed by atoms with Gasteiger partial charge in [-0.25, -0.2) is 9.97 Å². The number of hydrogen-bond donors (Lipinski definition) is 3. The first kappa shape index (κ1) is 25.6. The number of nitrogens with zero attached hydrogens (tertiary/aromatic N) is 6. The molecule has 11 heteroatoms. The van der Waals surface area contributed by atoms with Crippen LogP contribution >= 0.6 is 0 Å². The second kappa shape index (κ2) is 10.1. The standard InChI is InChI=1S/C28H36N8O2S/c1-34-12-14-35(15-13-34)22-11-10-21(17-24(22)38-2)30-28-29-18-20-16-23(19-8-9-19)36(27(20)32-28)26-7-5-6-25(31-26)33-39(3,4)37/h5-7,10-11,16-19,39H,8-9,12-15H2,1-4H3,(H,29,30,32)(H,31,33,37). The van der Waals surface area contributed by atoms with E-state index in [2.05, 4.69) is 48.6 Å². The first-order valence-electron chi connectivity index (χ1n) is 13.3. The van der Waals surface area contributed by atoms with Gasteiger partial charge in [-0.2, -0.15) is 4.98 Å². The molecule has 0 unspecified atom stereocenters. The summed E-state index contributed by atoms with van der Waals surface area (Å²) >= 11 is 0. The van der Waals surface area contributed by atoms with Crippen molar-refractivity contribution in [3.05, 3.63) is 54.4 Å². The number of pyridine rings is 1. The molecule has 2 fully saturated rings. The van der Waals surface area contributed by atoms with E-state index in [9.17, 15) is 4.21 Å². The van der Waals surface area contributed by atoms with E-state index < -0.39 is 10.1 Å². The topological polar surface area (TPSA) is 100 Å². The zero-order valence-corrected chi connectivity index (χ0v) is 23.8. The highest BCUT2D eigenvalue weighted by atomic mass is 32.3. The van der Waals surface area contributed by atoms with Gasteiger partial charge in [0.25, 0.3) is 0 Å².